The number of pyridine rings is 1. The molecule has 4 nitrogen and oxygen atoms in total. The molecule has 0 aliphatic carbocycles. The van der Waals surface area contributed by atoms with Crippen LogP contribution in [0.2, 0.25) is 0 Å². The molecule has 1 N–H and O–H groups in total. The van der Waals surface area contributed by atoms with Gasteiger partial charge in [-0.1, -0.05) is 0 Å². The topological polar surface area (TPSA) is 39.3 Å². The number of nitrogens with one attached hydrogen (secondary N) is 1. The van der Waals surface area contributed by atoms with E-state index in [4.69, 9.17) is 0 Å². The average molecular weight is 285 g/mol. The normalized spacial score (nSPS) is 17.4. The van der Waals surface area contributed by atoms with Crippen molar-refractivity contribution in [1.82, 2.24) is 9.88 Å². The second-order valence-corrected chi connectivity index (χ2v) is 6.72. The Balaban J connectivity index is 1.81. The van der Waals surface area contributed by atoms with Crippen LogP contribution in [-0.4, -0.2) is 41.6 Å². The maximum atomic E-state index is 11.7. The lowest BCUT2D eigenvalue weighted by Gasteiger charge is -2.43. The van der Waals surface area contributed by atoms with Gasteiger partial charge in [-0.2, -0.15) is 0 Å². The van der Waals surface area contributed by atoms with E-state index in [2.05, 4.69) is 47.7 Å². The van der Waals surface area contributed by atoms with Crippen molar-refractivity contribution in [2.75, 3.05) is 31.1 Å². The summed E-state index contributed by atoms with van der Waals surface area (Å²) in [5.74, 6) is 0. The molecule has 112 valence electrons. The number of benzene rings is 1. The quantitative estimate of drug-likeness (QED) is 0.875. The van der Waals surface area contributed by atoms with E-state index in [-0.39, 0.29) is 11.1 Å². The summed E-state index contributed by atoms with van der Waals surface area (Å²) in [7, 11) is 0. The smallest absolute Gasteiger partial charge is 0.255 e. The highest BCUT2D eigenvalue weighted by molar-refractivity contribution is 5.84. The molecule has 1 saturated heterocycles. The van der Waals surface area contributed by atoms with E-state index in [0.717, 1.165) is 37.0 Å². The number of H-pyrrole nitrogens is 1. The van der Waals surface area contributed by atoms with Crippen LogP contribution < -0.4 is 10.5 Å². The first-order chi connectivity index (χ1) is 9.95. The second-order valence-electron chi connectivity index (χ2n) is 6.72. The van der Waals surface area contributed by atoms with E-state index in [9.17, 15) is 4.79 Å². The standard InChI is InChI=1S/C17H23N3O/c1-17(2,3)20-10-8-19(9-11-20)14-4-5-15-13(12-14)6-7-18-16(15)21/h4-7,12H,8-11H2,1-3H3,(H,18,21). The zero-order valence-electron chi connectivity index (χ0n) is 13.0. The molecule has 4 heteroatoms. The monoisotopic (exact) mass is 285 g/mol. The van der Waals surface area contributed by atoms with Crippen LogP contribution >= 0.6 is 0 Å². The highest BCUT2D eigenvalue weighted by Gasteiger charge is 2.25. The number of piperazine rings is 1. The molecule has 2 aromatic rings. The van der Waals surface area contributed by atoms with E-state index in [1.807, 2.05) is 12.1 Å². The van der Waals surface area contributed by atoms with Crippen LogP contribution in [0.15, 0.2) is 35.3 Å². The van der Waals surface area contributed by atoms with Crippen molar-refractivity contribution in [3.05, 3.63) is 40.8 Å². The van der Waals surface area contributed by atoms with Gasteiger partial charge >= 0.3 is 0 Å². The summed E-state index contributed by atoms with van der Waals surface area (Å²) in [6.45, 7) is 11.0. The minimum atomic E-state index is -0.0170. The first kappa shape index (κ1) is 14.1. The molecule has 0 unspecified atom stereocenters. The van der Waals surface area contributed by atoms with Crippen molar-refractivity contribution >= 4 is 16.5 Å². The van der Waals surface area contributed by atoms with Gasteiger partial charge in [0.25, 0.3) is 5.56 Å². The van der Waals surface area contributed by atoms with Gasteiger partial charge in [-0.25, -0.2) is 0 Å². The molecule has 0 radical (unpaired) electrons. The van der Waals surface area contributed by atoms with Crippen LogP contribution in [-0.2, 0) is 0 Å². The van der Waals surface area contributed by atoms with Gasteiger partial charge < -0.3 is 9.88 Å². The molecular formula is C17H23N3O. The lowest BCUT2D eigenvalue weighted by atomic mass is 10.0. The van der Waals surface area contributed by atoms with Crippen LogP contribution in [0, 0.1) is 0 Å². The molecule has 0 spiro atoms. The lowest BCUT2D eigenvalue weighted by molar-refractivity contribution is 0.128. The SMILES string of the molecule is CC(C)(C)N1CCN(c2ccc3c(=O)[nH]ccc3c2)CC1. The Hall–Kier alpha value is -1.81. The Morgan fingerprint density at radius 3 is 2.43 bits per heavy atom. The Kier molecular flexibility index (Phi) is 3.49. The highest BCUT2D eigenvalue weighted by Crippen LogP contribution is 2.23. The predicted octanol–water partition coefficient (Wildman–Crippen LogP) is 2.45. The summed E-state index contributed by atoms with van der Waals surface area (Å²) in [5.41, 5.74) is 1.43. The van der Waals surface area contributed by atoms with E-state index in [1.165, 1.54) is 5.69 Å². The third kappa shape index (κ3) is 2.81. The van der Waals surface area contributed by atoms with Crippen LogP contribution in [0.25, 0.3) is 10.8 Å². The fourth-order valence-electron chi connectivity index (χ4n) is 3.01. The number of fused-ring (bicyclic) bond motifs is 1. The summed E-state index contributed by atoms with van der Waals surface area (Å²) in [6.07, 6.45) is 1.71. The summed E-state index contributed by atoms with van der Waals surface area (Å²) < 4.78 is 0. The van der Waals surface area contributed by atoms with Gasteiger partial charge in [-0.3, -0.25) is 9.69 Å². The van der Waals surface area contributed by atoms with Crippen LogP contribution in [0.1, 0.15) is 20.8 Å². The zero-order chi connectivity index (χ0) is 15.0. The Labute approximate surface area is 125 Å². The van der Waals surface area contributed by atoms with Crippen molar-refractivity contribution in [3.8, 4) is 0 Å². The van der Waals surface area contributed by atoms with Crippen molar-refractivity contribution < 1.29 is 0 Å². The van der Waals surface area contributed by atoms with E-state index in [0.29, 0.717) is 0 Å². The highest BCUT2D eigenvalue weighted by atomic mass is 16.1. The van der Waals surface area contributed by atoms with Crippen LogP contribution in [0.4, 0.5) is 5.69 Å². The van der Waals surface area contributed by atoms with E-state index in [1.54, 1.807) is 6.20 Å². The number of aromatic nitrogens is 1. The van der Waals surface area contributed by atoms with Gasteiger partial charge in [0, 0.05) is 49.0 Å². The number of nitrogens with zero attached hydrogens (tertiary/aromatic N) is 2. The molecule has 0 atom stereocenters. The fourth-order valence-corrected chi connectivity index (χ4v) is 3.01. The number of anilines is 1. The number of rotatable bonds is 1. The molecule has 21 heavy (non-hydrogen) atoms. The zero-order valence-corrected chi connectivity index (χ0v) is 13.0. The molecule has 1 aliphatic rings. The van der Waals surface area contributed by atoms with Gasteiger partial charge in [-0.15, -0.1) is 0 Å². The summed E-state index contributed by atoms with van der Waals surface area (Å²) in [6, 6.07) is 8.08. The third-order valence-electron chi connectivity index (χ3n) is 4.35. The summed E-state index contributed by atoms with van der Waals surface area (Å²) in [4.78, 5) is 19.4. The lowest BCUT2D eigenvalue weighted by Crippen LogP contribution is -2.53. The van der Waals surface area contributed by atoms with Crippen molar-refractivity contribution in [3.63, 3.8) is 0 Å². The Morgan fingerprint density at radius 1 is 1.05 bits per heavy atom. The average Bonchev–Trinajstić information content (AvgIpc) is 2.46. The van der Waals surface area contributed by atoms with E-state index < -0.39 is 0 Å². The van der Waals surface area contributed by atoms with Crippen LogP contribution in [0.5, 0.6) is 0 Å². The molecule has 3 rings (SSSR count). The molecule has 1 aromatic carbocycles. The molecule has 0 bridgehead atoms. The van der Waals surface area contributed by atoms with Gasteiger partial charge in [0.05, 0.1) is 0 Å². The van der Waals surface area contributed by atoms with Crippen molar-refractivity contribution in [1.29, 1.82) is 0 Å². The minimum Gasteiger partial charge on any atom is -0.369 e. The molecule has 1 fully saturated rings. The molecule has 0 amide bonds. The predicted molar refractivity (Wildman–Crippen MR) is 88.1 cm³/mol. The summed E-state index contributed by atoms with van der Waals surface area (Å²) in [5, 5.41) is 1.77. The molecule has 0 saturated carbocycles. The first-order valence-corrected chi connectivity index (χ1v) is 7.56. The first-order valence-electron chi connectivity index (χ1n) is 7.56. The van der Waals surface area contributed by atoms with Crippen molar-refractivity contribution in [2.24, 2.45) is 0 Å². The largest absolute Gasteiger partial charge is 0.369 e. The molecule has 1 aromatic heterocycles. The third-order valence-corrected chi connectivity index (χ3v) is 4.35. The van der Waals surface area contributed by atoms with Gasteiger partial charge in [0.15, 0.2) is 0 Å². The van der Waals surface area contributed by atoms with Gasteiger partial charge in [-0.05, 0) is 50.4 Å². The molecular weight excluding hydrogens is 262 g/mol. The van der Waals surface area contributed by atoms with Crippen molar-refractivity contribution in [2.45, 2.75) is 26.3 Å². The minimum absolute atomic E-state index is 0.0170. The molecule has 2 heterocycles. The fraction of sp³-hybridized carbons (Fsp3) is 0.471. The van der Waals surface area contributed by atoms with Crippen LogP contribution in [0.3, 0.4) is 0 Å². The maximum absolute atomic E-state index is 11.7. The Bertz CT molecular complexity index is 691. The molecule has 1 aliphatic heterocycles. The van der Waals surface area contributed by atoms with Gasteiger partial charge in [0.1, 0.15) is 0 Å². The number of aromatic amines is 1. The summed E-state index contributed by atoms with van der Waals surface area (Å²) >= 11 is 0. The maximum Gasteiger partial charge on any atom is 0.255 e. The van der Waals surface area contributed by atoms with E-state index >= 15 is 0 Å². The van der Waals surface area contributed by atoms with Gasteiger partial charge in [0.2, 0.25) is 0 Å². The Morgan fingerprint density at radius 2 is 1.76 bits per heavy atom. The second kappa shape index (κ2) is 5.19. The number of hydrogen-bond donors (Lipinski definition) is 1. The number of hydrogen-bond acceptors (Lipinski definition) is 3.